The van der Waals surface area contributed by atoms with Crippen molar-refractivity contribution in [1.82, 2.24) is 15.2 Å². The Labute approximate surface area is 94.9 Å². The highest BCUT2D eigenvalue weighted by atomic mass is 19.4. The summed E-state index contributed by atoms with van der Waals surface area (Å²) in [6.45, 7) is 0.0326. The molecule has 0 saturated carbocycles. The highest BCUT2D eigenvalue weighted by molar-refractivity contribution is 5.33. The van der Waals surface area contributed by atoms with Crippen LogP contribution in [0.4, 0.5) is 19.1 Å². The van der Waals surface area contributed by atoms with Crippen LogP contribution in [0.25, 0.3) is 0 Å². The summed E-state index contributed by atoms with van der Waals surface area (Å²) in [6, 6.07) is 5.40. The standard InChI is InChI=1S/C10H9F3N4/c11-10(12,13)8-4-2-1-3-7(8)5-14-9-15-6-16-17-9/h1-4,6H,5H2,(H2,14,15,16,17). The zero-order valence-corrected chi connectivity index (χ0v) is 8.62. The molecule has 17 heavy (non-hydrogen) atoms. The topological polar surface area (TPSA) is 53.6 Å². The maximum Gasteiger partial charge on any atom is 0.416 e. The normalized spacial score (nSPS) is 11.5. The van der Waals surface area contributed by atoms with E-state index < -0.39 is 11.7 Å². The number of nitrogens with zero attached hydrogens (tertiary/aromatic N) is 2. The smallest absolute Gasteiger partial charge is 0.351 e. The second-order valence-electron chi connectivity index (χ2n) is 3.34. The van der Waals surface area contributed by atoms with E-state index in [1.54, 1.807) is 6.07 Å². The summed E-state index contributed by atoms with van der Waals surface area (Å²) in [6.07, 6.45) is -3.07. The lowest BCUT2D eigenvalue weighted by atomic mass is 10.1. The third kappa shape index (κ3) is 2.74. The Balaban J connectivity index is 2.16. The minimum atomic E-state index is -4.35. The van der Waals surface area contributed by atoms with Gasteiger partial charge in [-0.2, -0.15) is 18.3 Å². The minimum absolute atomic E-state index is 0.0326. The third-order valence-electron chi connectivity index (χ3n) is 2.18. The Bertz CT molecular complexity index is 479. The van der Waals surface area contributed by atoms with Gasteiger partial charge < -0.3 is 5.32 Å². The monoisotopic (exact) mass is 242 g/mol. The number of hydrogen-bond acceptors (Lipinski definition) is 3. The molecule has 0 aliphatic heterocycles. The molecule has 1 aromatic carbocycles. The van der Waals surface area contributed by atoms with Crippen LogP contribution >= 0.6 is 0 Å². The van der Waals surface area contributed by atoms with Gasteiger partial charge in [-0.3, -0.25) is 0 Å². The van der Waals surface area contributed by atoms with Crippen molar-refractivity contribution in [3.63, 3.8) is 0 Å². The van der Waals surface area contributed by atoms with E-state index in [9.17, 15) is 13.2 Å². The van der Waals surface area contributed by atoms with Crippen LogP contribution in [-0.2, 0) is 12.7 Å². The highest BCUT2D eigenvalue weighted by Gasteiger charge is 2.32. The molecular weight excluding hydrogens is 233 g/mol. The summed E-state index contributed by atoms with van der Waals surface area (Å²) < 4.78 is 38.0. The van der Waals surface area contributed by atoms with Crippen molar-refractivity contribution in [2.75, 3.05) is 5.32 Å². The van der Waals surface area contributed by atoms with E-state index in [2.05, 4.69) is 20.5 Å². The van der Waals surface area contributed by atoms with Gasteiger partial charge in [0, 0.05) is 6.54 Å². The van der Waals surface area contributed by atoms with Crippen molar-refractivity contribution < 1.29 is 13.2 Å². The first-order valence-corrected chi connectivity index (χ1v) is 4.82. The van der Waals surface area contributed by atoms with E-state index in [0.717, 1.165) is 6.07 Å². The Morgan fingerprint density at radius 3 is 2.65 bits per heavy atom. The molecule has 0 amide bonds. The van der Waals surface area contributed by atoms with Crippen molar-refractivity contribution >= 4 is 5.95 Å². The molecule has 7 heteroatoms. The molecule has 2 N–H and O–H groups in total. The van der Waals surface area contributed by atoms with E-state index in [4.69, 9.17) is 0 Å². The summed E-state index contributed by atoms with van der Waals surface area (Å²) in [5, 5.41) is 8.82. The molecular formula is C10H9F3N4. The van der Waals surface area contributed by atoms with Gasteiger partial charge in [0.1, 0.15) is 6.33 Å². The van der Waals surface area contributed by atoms with Crippen molar-refractivity contribution in [2.24, 2.45) is 0 Å². The summed E-state index contributed by atoms with van der Waals surface area (Å²) in [5.74, 6) is 0.335. The number of hydrogen-bond donors (Lipinski definition) is 2. The fourth-order valence-electron chi connectivity index (χ4n) is 1.42. The van der Waals surface area contributed by atoms with Gasteiger partial charge in [0.2, 0.25) is 5.95 Å². The SMILES string of the molecule is FC(F)(F)c1ccccc1CNc1ncn[nH]1. The van der Waals surface area contributed by atoms with E-state index in [-0.39, 0.29) is 12.1 Å². The molecule has 1 aromatic heterocycles. The zero-order valence-electron chi connectivity index (χ0n) is 8.62. The van der Waals surface area contributed by atoms with Crippen LogP contribution in [0.15, 0.2) is 30.6 Å². The Kier molecular flexibility index (Phi) is 2.99. The Morgan fingerprint density at radius 2 is 2.00 bits per heavy atom. The first-order valence-electron chi connectivity index (χ1n) is 4.82. The zero-order chi connectivity index (χ0) is 12.3. The number of aromatic nitrogens is 3. The summed E-state index contributed by atoms with van der Waals surface area (Å²) in [7, 11) is 0. The molecule has 90 valence electrons. The van der Waals surface area contributed by atoms with Gasteiger partial charge in [-0.15, -0.1) is 0 Å². The van der Waals surface area contributed by atoms with Crippen LogP contribution in [0.1, 0.15) is 11.1 Å². The predicted octanol–water partition coefficient (Wildman–Crippen LogP) is 2.44. The van der Waals surface area contributed by atoms with Crippen LogP contribution in [0.5, 0.6) is 0 Å². The van der Waals surface area contributed by atoms with Crippen LogP contribution < -0.4 is 5.32 Å². The molecule has 0 bridgehead atoms. The lowest BCUT2D eigenvalue weighted by molar-refractivity contribution is -0.138. The van der Waals surface area contributed by atoms with Crippen LogP contribution in [0, 0.1) is 0 Å². The average Bonchev–Trinajstić information content (AvgIpc) is 2.78. The summed E-state index contributed by atoms with van der Waals surface area (Å²) in [5.41, 5.74) is -0.483. The number of alkyl halides is 3. The van der Waals surface area contributed by atoms with Crippen molar-refractivity contribution in [2.45, 2.75) is 12.7 Å². The second kappa shape index (κ2) is 4.44. The van der Waals surface area contributed by atoms with Crippen molar-refractivity contribution in [3.8, 4) is 0 Å². The van der Waals surface area contributed by atoms with Crippen molar-refractivity contribution in [1.29, 1.82) is 0 Å². The average molecular weight is 242 g/mol. The molecule has 0 saturated heterocycles. The van der Waals surface area contributed by atoms with E-state index in [0.29, 0.717) is 5.95 Å². The largest absolute Gasteiger partial charge is 0.416 e. The quantitative estimate of drug-likeness (QED) is 0.869. The fourth-order valence-corrected chi connectivity index (χ4v) is 1.42. The first-order chi connectivity index (χ1) is 8.07. The number of rotatable bonds is 3. The first kappa shape index (κ1) is 11.4. The number of benzene rings is 1. The van der Waals surface area contributed by atoms with Crippen LogP contribution in [0.3, 0.4) is 0 Å². The van der Waals surface area contributed by atoms with Gasteiger partial charge >= 0.3 is 6.18 Å². The van der Waals surface area contributed by atoms with Crippen LogP contribution in [-0.4, -0.2) is 15.2 Å². The van der Waals surface area contributed by atoms with Gasteiger partial charge in [-0.05, 0) is 11.6 Å². The fraction of sp³-hybridized carbons (Fsp3) is 0.200. The highest BCUT2D eigenvalue weighted by Crippen LogP contribution is 2.31. The Morgan fingerprint density at radius 1 is 1.24 bits per heavy atom. The molecule has 0 atom stereocenters. The molecule has 1 heterocycles. The Hall–Kier alpha value is -2.05. The molecule has 2 aromatic rings. The van der Waals surface area contributed by atoms with Gasteiger partial charge in [0.25, 0.3) is 0 Å². The van der Waals surface area contributed by atoms with Gasteiger partial charge in [-0.1, -0.05) is 18.2 Å². The predicted molar refractivity (Wildman–Crippen MR) is 55.2 cm³/mol. The van der Waals surface area contributed by atoms with Gasteiger partial charge in [0.05, 0.1) is 5.56 Å². The molecule has 2 rings (SSSR count). The van der Waals surface area contributed by atoms with Gasteiger partial charge in [0.15, 0.2) is 0 Å². The number of nitrogens with one attached hydrogen (secondary N) is 2. The maximum atomic E-state index is 12.7. The molecule has 0 fully saturated rings. The minimum Gasteiger partial charge on any atom is -0.351 e. The summed E-state index contributed by atoms with van der Waals surface area (Å²) in [4.78, 5) is 3.76. The lowest BCUT2D eigenvalue weighted by Crippen LogP contribution is -2.12. The van der Waals surface area contributed by atoms with E-state index in [1.165, 1.54) is 18.5 Å². The maximum absolute atomic E-state index is 12.7. The molecule has 0 spiro atoms. The molecule has 0 aliphatic carbocycles. The second-order valence-corrected chi connectivity index (χ2v) is 3.34. The van der Waals surface area contributed by atoms with Gasteiger partial charge in [-0.25, -0.2) is 10.1 Å². The number of anilines is 1. The van der Waals surface area contributed by atoms with E-state index >= 15 is 0 Å². The third-order valence-corrected chi connectivity index (χ3v) is 2.18. The molecule has 4 nitrogen and oxygen atoms in total. The summed E-state index contributed by atoms with van der Waals surface area (Å²) >= 11 is 0. The number of halogens is 3. The number of H-pyrrole nitrogens is 1. The number of aromatic amines is 1. The lowest BCUT2D eigenvalue weighted by Gasteiger charge is -2.12. The van der Waals surface area contributed by atoms with Crippen LogP contribution in [0.2, 0.25) is 0 Å². The van der Waals surface area contributed by atoms with Crippen molar-refractivity contribution in [3.05, 3.63) is 41.7 Å². The van der Waals surface area contributed by atoms with E-state index in [1.807, 2.05) is 0 Å². The molecule has 0 aliphatic rings. The molecule has 0 radical (unpaired) electrons. The molecule has 0 unspecified atom stereocenters.